The van der Waals surface area contributed by atoms with E-state index in [0.717, 1.165) is 5.69 Å². The molecule has 1 heterocycles. The topological polar surface area (TPSA) is 74.5 Å². The molecule has 1 amide bonds. The lowest BCUT2D eigenvalue weighted by atomic mass is 10.3. The van der Waals surface area contributed by atoms with Crippen LogP contribution < -0.4 is 20.3 Å². The lowest BCUT2D eigenvalue weighted by molar-refractivity contribution is -0.118. The molecule has 0 saturated heterocycles. The zero-order chi connectivity index (χ0) is 22.5. The van der Waals surface area contributed by atoms with Gasteiger partial charge in [-0.25, -0.2) is 4.68 Å². The second-order valence-electron chi connectivity index (χ2n) is 7.16. The van der Waals surface area contributed by atoms with E-state index in [2.05, 4.69) is 5.32 Å². The van der Waals surface area contributed by atoms with E-state index in [4.69, 9.17) is 9.47 Å². The van der Waals surface area contributed by atoms with Crippen LogP contribution in [-0.4, -0.2) is 21.9 Å². The fourth-order valence-corrected chi connectivity index (χ4v) is 3.29. The number of hydrogen-bond donors (Lipinski definition) is 1. The average molecular weight is 429 g/mol. The number of para-hydroxylation sites is 2. The van der Waals surface area contributed by atoms with Crippen LogP contribution in [0.5, 0.6) is 17.2 Å². The summed E-state index contributed by atoms with van der Waals surface area (Å²) in [5, 5.41) is 2.68. The van der Waals surface area contributed by atoms with E-state index in [9.17, 15) is 9.59 Å². The Labute approximate surface area is 185 Å². The number of amides is 1. The summed E-state index contributed by atoms with van der Waals surface area (Å²) in [4.78, 5) is 25.4. The summed E-state index contributed by atoms with van der Waals surface area (Å²) < 4.78 is 14.6. The summed E-state index contributed by atoms with van der Waals surface area (Å²) >= 11 is 0. The van der Waals surface area contributed by atoms with E-state index >= 15 is 0 Å². The lowest BCUT2D eigenvalue weighted by Crippen LogP contribution is -2.25. The smallest absolute Gasteiger partial charge is 0.295 e. The Morgan fingerprint density at radius 2 is 1.50 bits per heavy atom. The SMILES string of the molecule is Cc1c(NC(=O)COc2cccc(Oc3ccccc3)c2)c(=O)n(-c2ccccc2)n1C. The van der Waals surface area contributed by atoms with Gasteiger partial charge in [-0.05, 0) is 43.3 Å². The Bertz CT molecular complexity index is 1280. The van der Waals surface area contributed by atoms with E-state index in [0.29, 0.717) is 22.9 Å². The predicted octanol–water partition coefficient (Wildman–Crippen LogP) is 4.29. The van der Waals surface area contributed by atoms with Crippen molar-refractivity contribution in [1.82, 2.24) is 9.36 Å². The summed E-state index contributed by atoms with van der Waals surface area (Å²) in [5.74, 6) is 1.36. The zero-order valence-corrected chi connectivity index (χ0v) is 17.8. The van der Waals surface area contributed by atoms with Gasteiger partial charge in [0.15, 0.2) is 6.61 Å². The van der Waals surface area contributed by atoms with Crippen LogP contribution >= 0.6 is 0 Å². The van der Waals surface area contributed by atoms with E-state index in [1.54, 1.807) is 42.9 Å². The number of carbonyl (C=O) groups is 1. The first-order valence-electron chi connectivity index (χ1n) is 10.1. The second-order valence-corrected chi connectivity index (χ2v) is 7.16. The van der Waals surface area contributed by atoms with E-state index in [1.165, 1.54) is 4.68 Å². The van der Waals surface area contributed by atoms with Gasteiger partial charge in [-0.2, -0.15) is 0 Å². The van der Waals surface area contributed by atoms with Gasteiger partial charge in [-0.3, -0.25) is 14.3 Å². The molecule has 0 radical (unpaired) electrons. The van der Waals surface area contributed by atoms with Gasteiger partial charge in [-0.15, -0.1) is 0 Å². The highest BCUT2D eigenvalue weighted by Gasteiger charge is 2.18. The van der Waals surface area contributed by atoms with Crippen molar-refractivity contribution < 1.29 is 14.3 Å². The maximum absolute atomic E-state index is 12.9. The maximum atomic E-state index is 12.9. The van der Waals surface area contributed by atoms with Gasteiger partial charge in [0, 0.05) is 13.1 Å². The summed E-state index contributed by atoms with van der Waals surface area (Å²) in [6, 6.07) is 25.7. The monoisotopic (exact) mass is 429 g/mol. The molecule has 0 aliphatic heterocycles. The molecule has 4 rings (SSSR count). The van der Waals surface area contributed by atoms with E-state index in [-0.39, 0.29) is 17.9 Å². The fourth-order valence-electron chi connectivity index (χ4n) is 3.29. The molecule has 7 heteroatoms. The molecule has 0 aliphatic rings. The molecular formula is C25H23N3O4. The Balaban J connectivity index is 1.43. The van der Waals surface area contributed by atoms with Crippen LogP contribution in [-0.2, 0) is 11.8 Å². The normalized spacial score (nSPS) is 10.6. The van der Waals surface area contributed by atoms with Crippen LogP contribution in [0.3, 0.4) is 0 Å². The van der Waals surface area contributed by atoms with Crippen molar-refractivity contribution in [3.8, 4) is 22.9 Å². The van der Waals surface area contributed by atoms with Gasteiger partial charge < -0.3 is 14.8 Å². The second kappa shape index (κ2) is 9.26. The summed E-state index contributed by atoms with van der Waals surface area (Å²) in [5.41, 5.74) is 1.29. The van der Waals surface area contributed by atoms with Crippen molar-refractivity contribution in [2.24, 2.45) is 7.05 Å². The molecule has 0 fully saturated rings. The molecule has 7 nitrogen and oxygen atoms in total. The number of nitrogens with one attached hydrogen (secondary N) is 1. The van der Waals surface area contributed by atoms with Crippen LogP contribution in [0.1, 0.15) is 5.69 Å². The van der Waals surface area contributed by atoms with Crippen molar-refractivity contribution in [2.45, 2.75) is 6.92 Å². The van der Waals surface area contributed by atoms with Crippen LogP contribution in [0, 0.1) is 6.92 Å². The highest BCUT2D eigenvalue weighted by molar-refractivity contribution is 5.92. The average Bonchev–Trinajstić information content (AvgIpc) is 3.02. The molecule has 1 aromatic heterocycles. The van der Waals surface area contributed by atoms with Gasteiger partial charge in [0.05, 0.1) is 11.4 Å². The number of hydrogen-bond acceptors (Lipinski definition) is 4. The molecule has 0 spiro atoms. The first-order chi connectivity index (χ1) is 15.5. The van der Waals surface area contributed by atoms with Crippen LogP contribution in [0.2, 0.25) is 0 Å². The summed E-state index contributed by atoms with van der Waals surface area (Å²) in [7, 11) is 1.77. The number of nitrogens with zero attached hydrogens (tertiary/aromatic N) is 2. The van der Waals surface area contributed by atoms with Crippen LogP contribution in [0.4, 0.5) is 5.69 Å². The molecular weight excluding hydrogens is 406 g/mol. The highest BCUT2D eigenvalue weighted by Crippen LogP contribution is 2.25. The molecule has 0 aliphatic carbocycles. The number of rotatable bonds is 7. The maximum Gasteiger partial charge on any atom is 0.295 e. The van der Waals surface area contributed by atoms with Crippen molar-refractivity contribution >= 4 is 11.6 Å². The minimum Gasteiger partial charge on any atom is -0.484 e. The van der Waals surface area contributed by atoms with Gasteiger partial charge >= 0.3 is 0 Å². The third-order valence-corrected chi connectivity index (χ3v) is 4.97. The number of benzene rings is 3. The van der Waals surface area contributed by atoms with Crippen molar-refractivity contribution in [3.63, 3.8) is 0 Å². The standard InChI is InChI=1S/C25H23N3O4/c1-18-24(25(30)28(27(18)2)19-10-5-3-6-11-19)26-23(29)17-31-21-14-9-15-22(16-21)32-20-12-7-4-8-13-20/h3-16H,17H2,1-2H3,(H,26,29). The van der Waals surface area contributed by atoms with Crippen molar-refractivity contribution in [1.29, 1.82) is 0 Å². The Kier molecular flexibility index (Phi) is 6.07. The van der Waals surface area contributed by atoms with Crippen LogP contribution in [0.15, 0.2) is 89.7 Å². The largest absolute Gasteiger partial charge is 0.484 e. The third-order valence-electron chi connectivity index (χ3n) is 4.97. The minimum absolute atomic E-state index is 0.228. The van der Waals surface area contributed by atoms with Gasteiger partial charge in [0.2, 0.25) is 0 Å². The van der Waals surface area contributed by atoms with Gasteiger partial charge in [0.1, 0.15) is 22.9 Å². The quantitative estimate of drug-likeness (QED) is 0.476. The highest BCUT2D eigenvalue weighted by atomic mass is 16.5. The molecule has 0 atom stereocenters. The number of ether oxygens (including phenoxy) is 2. The number of carbonyl (C=O) groups excluding carboxylic acids is 1. The lowest BCUT2D eigenvalue weighted by Gasteiger charge is -2.09. The fraction of sp³-hybridized carbons (Fsp3) is 0.120. The molecule has 1 N–H and O–H groups in total. The Morgan fingerprint density at radius 1 is 0.875 bits per heavy atom. The minimum atomic E-state index is -0.426. The molecule has 0 saturated carbocycles. The third kappa shape index (κ3) is 4.57. The molecule has 162 valence electrons. The Morgan fingerprint density at radius 3 is 2.22 bits per heavy atom. The molecule has 0 bridgehead atoms. The number of aromatic nitrogens is 2. The molecule has 4 aromatic rings. The molecule has 3 aromatic carbocycles. The first kappa shape index (κ1) is 21.0. The molecule has 32 heavy (non-hydrogen) atoms. The van der Waals surface area contributed by atoms with Crippen LogP contribution in [0.25, 0.3) is 5.69 Å². The number of anilines is 1. The van der Waals surface area contributed by atoms with E-state index < -0.39 is 5.91 Å². The summed E-state index contributed by atoms with van der Waals surface area (Å²) in [6.07, 6.45) is 0. The molecule has 0 unspecified atom stereocenters. The Hall–Kier alpha value is -4.26. The van der Waals surface area contributed by atoms with E-state index in [1.807, 2.05) is 60.7 Å². The predicted molar refractivity (Wildman–Crippen MR) is 123 cm³/mol. The van der Waals surface area contributed by atoms with Gasteiger partial charge in [-0.1, -0.05) is 42.5 Å². The van der Waals surface area contributed by atoms with Gasteiger partial charge in [0.25, 0.3) is 11.5 Å². The zero-order valence-electron chi connectivity index (χ0n) is 17.8. The first-order valence-corrected chi connectivity index (χ1v) is 10.1. The van der Waals surface area contributed by atoms with Crippen molar-refractivity contribution in [3.05, 3.63) is 101 Å². The van der Waals surface area contributed by atoms with Crippen molar-refractivity contribution in [2.75, 3.05) is 11.9 Å². The summed E-state index contributed by atoms with van der Waals surface area (Å²) in [6.45, 7) is 1.54.